The summed E-state index contributed by atoms with van der Waals surface area (Å²) in [5.74, 6) is 0.132. The van der Waals surface area contributed by atoms with E-state index in [-0.39, 0.29) is 18.0 Å². The molecule has 0 radical (unpaired) electrons. The molecule has 0 saturated carbocycles. The maximum atomic E-state index is 12.7. The highest BCUT2D eigenvalue weighted by Gasteiger charge is 2.42. The molecule has 1 amide bonds. The lowest BCUT2D eigenvalue weighted by molar-refractivity contribution is -0.119. The summed E-state index contributed by atoms with van der Waals surface area (Å²) >= 11 is 0. The van der Waals surface area contributed by atoms with E-state index in [1.807, 2.05) is 4.90 Å². The predicted molar refractivity (Wildman–Crippen MR) is 54.3 cm³/mol. The van der Waals surface area contributed by atoms with Crippen molar-refractivity contribution in [1.29, 1.82) is 0 Å². The number of nitrogens with zero attached hydrogens (tertiary/aromatic N) is 3. The summed E-state index contributed by atoms with van der Waals surface area (Å²) in [7, 11) is 0. The Morgan fingerprint density at radius 3 is 2.94 bits per heavy atom. The van der Waals surface area contributed by atoms with Gasteiger partial charge < -0.3 is 10.2 Å². The molecular formula is C10H11FN4O. The monoisotopic (exact) mass is 222 g/mol. The summed E-state index contributed by atoms with van der Waals surface area (Å²) in [4.78, 5) is 21.1. The van der Waals surface area contributed by atoms with Crippen LogP contribution in [-0.4, -0.2) is 34.5 Å². The Morgan fingerprint density at radius 2 is 2.19 bits per heavy atom. The van der Waals surface area contributed by atoms with Gasteiger partial charge in [-0.1, -0.05) is 0 Å². The molecule has 0 aliphatic carbocycles. The van der Waals surface area contributed by atoms with Crippen molar-refractivity contribution in [2.75, 3.05) is 11.4 Å². The van der Waals surface area contributed by atoms with Gasteiger partial charge in [0.1, 0.15) is 0 Å². The van der Waals surface area contributed by atoms with Gasteiger partial charge in [-0.25, -0.2) is 14.4 Å². The first-order chi connectivity index (χ1) is 7.74. The quantitative estimate of drug-likeness (QED) is 0.731. The summed E-state index contributed by atoms with van der Waals surface area (Å²) < 4.78 is 12.7. The number of hydrogen-bond acceptors (Lipinski definition) is 4. The van der Waals surface area contributed by atoms with Crippen LogP contribution in [0, 0.1) is 5.82 Å². The zero-order valence-electron chi connectivity index (χ0n) is 8.56. The van der Waals surface area contributed by atoms with Gasteiger partial charge in [0.2, 0.25) is 11.9 Å². The predicted octanol–water partition coefficient (Wildman–Crippen LogP) is 0.0829. The number of carbonyl (C=O) groups excluding carboxylic acids is 1. The van der Waals surface area contributed by atoms with E-state index in [0.717, 1.165) is 25.4 Å². The number of nitrogens with one attached hydrogen (secondary N) is 1. The first kappa shape index (κ1) is 9.50. The zero-order valence-corrected chi connectivity index (χ0v) is 8.56. The van der Waals surface area contributed by atoms with Crippen LogP contribution in [0.1, 0.15) is 12.8 Å². The highest BCUT2D eigenvalue weighted by atomic mass is 19.1. The van der Waals surface area contributed by atoms with Gasteiger partial charge in [0.15, 0.2) is 5.82 Å². The van der Waals surface area contributed by atoms with Crippen molar-refractivity contribution in [2.24, 2.45) is 0 Å². The summed E-state index contributed by atoms with van der Waals surface area (Å²) in [6, 6.07) is 0.319. The minimum absolute atomic E-state index is 0.0711. The lowest BCUT2D eigenvalue weighted by atomic mass is 10.1. The van der Waals surface area contributed by atoms with Crippen molar-refractivity contribution < 1.29 is 9.18 Å². The Kier molecular flexibility index (Phi) is 2.02. The number of rotatable bonds is 1. The smallest absolute Gasteiger partial charge is 0.225 e. The molecule has 0 bridgehead atoms. The van der Waals surface area contributed by atoms with Crippen molar-refractivity contribution in [2.45, 2.75) is 24.9 Å². The third-order valence-corrected chi connectivity index (χ3v) is 3.15. The fraction of sp³-hybridized carbons (Fsp3) is 0.500. The van der Waals surface area contributed by atoms with Gasteiger partial charge >= 0.3 is 0 Å². The molecule has 2 saturated heterocycles. The van der Waals surface area contributed by atoms with Crippen LogP contribution in [0.5, 0.6) is 0 Å². The Morgan fingerprint density at radius 1 is 1.44 bits per heavy atom. The standard InChI is InChI=1S/C10H11FN4O/c11-6-4-12-10(13-5-6)15-2-1-7-8(15)3-9(16)14-7/h4-5,7-8H,1-3H2,(H,14,16)/t7-,8+/m0/s1. The van der Waals surface area contributed by atoms with Crippen LogP contribution in [0.15, 0.2) is 12.4 Å². The van der Waals surface area contributed by atoms with Crippen molar-refractivity contribution in [3.05, 3.63) is 18.2 Å². The van der Waals surface area contributed by atoms with E-state index in [0.29, 0.717) is 12.4 Å². The van der Waals surface area contributed by atoms with Crippen LogP contribution in [0.2, 0.25) is 0 Å². The van der Waals surface area contributed by atoms with E-state index >= 15 is 0 Å². The van der Waals surface area contributed by atoms with Gasteiger partial charge in [-0.2, -0.15) is 0 Å². The molecule has 0 unspecified atom stereocenters. The largest absolute Gasteiger partial charge is 0.351 e. The van der Waals surface area contributed by atoms with Crippen molar-refractivity contribution in [3.63, 3.8) is 0 Å². The average molecular weight is 222 g/mol. The van der Waals surface area contributed by atoms with E-state index in [9.17, 15) is 9.18 Å². The third kappa shape index (κ3) is 1.41. The molecule has 84 valence electrons. The van der Waals surface area contributed by atoms with Crippen LogP contribution in [-0.2, 0) is 4.79 Å². The second-order valence-electron chi connectivity index (χ2n) is 4.13. The number of fused-ring (bicyclic) bond motifs is 1. The van der Waals surface area contributed by atoms with Gasteiger partial charge in [-0.05, 0) is 6.42 Å². The normalized spacial score (nSPS) is 28.1. The molecule has 0 spiro atoms. The molecule has 16 heavy (non-hydrogen) atoms. The number of carbonyl (C=O) groups is 1. The summed E-state index contributed by atoms with van der Waals surface area (Å²) in [6.45, 7) is 0.807. The molecule has 2 fully saturated rings. The van der Waals surface area contributed by atoms with E-state index in [2.05, 4.69) is 15.3 Å². The van der Waals surface area contributed by atoms with Crippen LogP contribution in [0.4, 0.5) is 10.3 Å². The second-order valence-corrected chi connectivity index (χ2v) is 4.13. The van der Waals surface area contributed by atoms with Gasteiger partial charge in [0.25, 0.3) is 0 Å². The number of anilines is 1. The highest BCUT2D eigenvalue weighted by molar-refractivity contribution is 5.81. The Labute approximate surface area is 91.7 Å². The topological polar surface area (TPSA) is 58.1 Å². The number of aromatic nitrogens is 2. The molecule has 1 aromatic heterocycles. The van der Waals surface area contributed by atoms with Gasteiger partial charge in [0, 0.05) is 13.0 Å². The minimum Gasteiger partial charge on any atom is -0.351 e. The molecule has 5 nitrogen and oxygen atoms in total. The zero-order chi connectivity index (χ0) is 11.1. The van der Waals surface area contributed by atoms with Crippen LogP contribution in [0.25, 0.3) is 0 Å². The van der Waals surface area contributed by atoms with Gasteiger partial charge in [-0.15, -0.1) is 0 Å². The summed E-state index contributed by atoms with van der Waals surface area (Å²) in [5.41, 5.74) is 0. The summed E-state index contributed by atoms with van der Waals surface area (Å²) in [6.07, 6.45) is 3.68. The lowest BCUT2D eigenvalue weighted by Crippen LogP contribution is -2.35. The molecule has 2 atom stereocenters. The van der Waals surface area contributed by atoms with E-state index in [1.165, 1.54) is 0 Å². The first-order valence-electron chi connectivity index (χ1n) is 5.27. The van der Waals surface area contributed by atoms with E-state index in [1.54, 1.807) is 0 Å². The fourth-order valence-corrected chi connectivity index (χ4v) is 2.43. The van der Waals surface area contributed by atoms with Gasteiger partial charge in [-0.3, -0.25) is 4.79 Å². The molecular weight excluding hydrogens is 211 g/mol. The Hall–Kier alpha value is -1.72. The maximum Gasteiger partial charge on any atom is 0.225 e. The molecule has 2 aliphatic rings. The summed E-state index contributed by atoms with van der Waals surface area (Å²) in [5, 5.41) is 2.92. The van der Waals surface area contributed by atoms with Gasteiger partial charge in [0.05, 0.1) is 24.5 Å². The molecule has 1 N–H and O–H groups in total. The van der Waals surface area contributed by atoms with E-state index in [4.69, 9.17) is 0 Å². The molecule has 6 heteroatoms. The fourth-order valence-electron chi connectivity index (χ4n) is 2.43. The van der Waals surface area contributed by atoms with Crippen molar-refractivity contribution >= 4 is 11.9 Å². The Bertz CT molecular complexity index is 421. The highest BCUT2D eigenvalue weighted by Crippen LogP contribution is 2.28. The Balaban J connectivity index is 1.85. The number of halogens is 1. The van der Waals surface area contributed by atoms with Crippen molar-refractivity contribution in [3.8, 4) is 0 Å². The number of hydrogen-bond donors (Lipinski definition) is 1. The lowest BCUT2D eigenvalue weighted by Gasteiger charge is -2.21. The molecule has 1 aromatic rings. The molecule has 2 aliphatic heterocycles. The first-order valence-corrected chi connectivity index (χ1v) is 5.27. The van der Waals surface area contributed by atoms with Crippen molar-refractivity contribution in [1.82, 2.24) is 15.3 Å². The van der Waals surface area contributed by atoms with Crippen LogP contribution < -0.4 is 10.2 Å². The third-order valence-electron chi connectivity index (χ3n) is 3.15. The van der Waals surface area contributed by atoms with E-state index < -0.39 is 5.82 Å². The molecule has 3 heterocycles. The second kappa shape index (κ2) is 3.40. The van der Waals surface area contributed by atoms with Crippen LogP contribution in [0.3, 0.4) is 0 Å². The SMILES string of the molecule is O=C1C[C@@H]2[C@H](CCN2c2ncc(F)cn2)N1. The minimum atomic E-state index is -0.444. The molecule has 3 rings (SSSR count). The number of amides is 1. The maximum absolute atomic E-state index is 12.7. The molecule has 0 aromatic carbocycles. The average Bonchev–Trinajstić information content (AvgIpc) is 2.78. The van der Waals surface area contributed by atoms with Crippen LogP contribution >= 0.6 is 0 Å².